The number of ether oxygens (including phenoxy) is 1. The van der Waals surface area contributed by atoms with Gasteiger partial charge in [0.25, 0.3) is 5.91 Å². The number of hydrogen-bond acceptors (Lipinski definition) is 5. The number of carbonyl (C=O) groups is 2. The van der Waals surface area contributed by atoms with Gasteiger partial charge in [0.1, 0.15) is 0 Å². The molecule has 2 aromatic heterocycles. The topological polar surface area (TPSA) is 94.3 Å². The van der Waals surface area contributed by atoms with E-state index in [0.717, 1.165) is 53.2 Å². The molecule has 1 atom stereocenters. The molecule has 1 unspecified atom stereocenters. The first kappa shape index (κ1) is 24.1. The molecule has 4 heterocycles. The summed E-state index contributed by atoms with van der Waals surface area (Å²) in [5, 5.41) is 7.97. The Morgan fingerprint density at radius 3 is 2.66 bits per heavy atom. The summed E-state index contributed by atoms with van der Waals surface area (Å²) < 4.78 is 9.61. The number of hydrogen-bond donors (Lipinski definition) is 1. The van der Waals surface area contributed by atoms with E-state index in [2.05, 4.69) is 15.0 Å². The molecule has 194 valence electrons. The van der Waals surface area contributed by atoms with E-state index in [0.29, 0.717) is 31.2 Å². The van der Waals surface area contributed by atoms with Crippen molar-refractivity contribution in [3.05, 3.63) is 77.6 Å². The van der Waals surface area contributed by atoms with Gasteiger partial charge in [-0.15, -0.1) is 0 Å². The van der Waals surface area contributed by atoms with Crippen LogP contribution in [0.5, 0.6) is 0 Å². The van der Waals surface area contributed by atoms with Gasteiger partial charge in [-0.3, -0.25) is 19.6 Å². The number of aromatic nitrogens is 4. The maximum absolute atomic E-state index is 13.3. The van der Waals surface area contributed by atoms with Crippen LogP contribution in [0.2, 0.25) is 0 Å². The van der Waals surface area contributed by atoms with Crippen LogP contribution in [0, 0.1) is 0 Å². The molecule has 1 fully saturated rings. The smallest absolute Gasteiger partial charge is 0.257 e. The van der Waals surface area contributed by atoms with Crippen molar-refractivity contribution in [3.63, 3.8) is 0 Å². The van der Waals surface area contributed by atoms with Gasteiger partial charge in [-0.05, 0) is 24.1 Å². The molecule has 0 saturated carbocycles. The van der Waals surface area contributed by atoms with Crippen molar-refractivity contribution >= 4 is 17.8 Å². The van der Waals surface area contributed by atoms with E-state index < -0.39 is 0 Å². The standard InChI is InChI=1S/C29H30N6O3/c1-19(36)34-13-11-25-24(17-34)27(32-35(25)23-12-14-38-18-23)21-9-6-10-22(15-21)28(37)31-29-30-16-26(33(29)2)20-7-4-3-5-8-20/h3-10,15-16,23H,11-14,17-18H2,1-2H3,(H,30,31,37). The second-order valence-electron chi connectivity index (χ2n) is 9.85. The molecule has 9 heteroatoms. The van der Waals surface area contributed by atoms with Crippen LogP contribution in [0.1, 0.15) is 41.0 Å². The number of imidazole rings is 1. The number of fused-ring (bicyclic) bond motifs is 1. The zero-order valence-electron chi connectivity index (χ0n) is 21.6. The van der Waals surface area contributed by atoms with Crippen molar-refractivity contribution in [1.29, 1.82) is 0 Å². The monoisotopic (exact) mass is 510 g/mol. The molecule has 1 N–H and O–H groups in total. The zero-order valence-corrected chi connectivity index (χ0v) is 21.6. The van der Waals surface area contributed by atoms with Gasteiger partial charge >= 0.3 is 0 Å². The molecule has 2 aliphatic heterocycles. The number of benzene rings is 2. The minimum absolute atomic E-state index is 0.0524. The van der Waals surface area contributed by atoms with Gasteiger partial charge in [0, 0.05) is 62.5 Å². The average Bonchev–Trinajstić information content (AvgIpc) is 3.68. The van der Waals surface area contributed by atoms with Crippen molar-refractivity contribution in [2.24, 2.45) is 7.05 Å². The van der Waals surface area contributed by atoms with Gasteiger partial charge in [-0.1, -0.05) is 42.5 Å². The second kappa shape index (κ2) is 9.90. The van der Waals surface area contributed by atoms with E-state index in [4.69, 9.17) is 9.84 Å². The van der Waals surface area contributed by atoms with E-state index in [1.165, 1.54) is 0 Å². The van der Waals surface area contributed by atoms with Crippen molar-refractivity contribution in [2.75, 3.05) is 25.1 Å². The Hall–Kier alpha value is -4.24. The quantitative estimate of drug-likeness (QED) is 0.437. The normalized spacial score (nSPS) is 16.9. The molecular weight excluding hydrogens is 480 g/mol. The lowest BCUT2D eigenvalue weighted by molar-refractivity contribution is -0.129. The Bertz CT molecular complexity index is 1500. The van der Waals surface area contributed by atoms with E-state index in [1.54, 1.807) is 19.2 Å². The minimum Gasteiger partial charge on any atom is -0.379 e. The largest absolute Gasteiger partial charge is 0.379 e. The summed E-state index contributed by atoms with van der Waals surface area (Å²) in [6.07, 6.45) is 3.43. The molecule has 38 heavy (non-hydrogen) atoms. The maximum Gasteiger partial charge on any atom is 0.257 e. The lowest BCUT2D eigenvalue weighted by Gasteiger charge is -2.27. The number of rotatable bonds is 5. The van der Waals surface area contributed by atoms with Gasteiger partial charge in [0.05, 0.1) is 30.2 Å². The van der Waals surface area contributed by atoms with Crippen molar-refractivity contribution in [3.8, 4) is 22.5 Å². The molecule has 0 spiro atoms. The minimum atomic E-state index is -0.247. The fourth-order valence-electron chi connectivity index (χ4n) is 5.35. The van der Waals surface area contributed by atoms with Crippen LogP contribution in [0.15, 0.2) is 60.8 Å². The maximum atomic E-state index is 13.3. The predicted molar refractivity (Wildman–Crippen MR) is 144 cm³/mol. The summed E-state index contributed by atoms with van der Waals surface area (Å²) in [7, 11) is 1.88. The fraction of sp³-hybridized carbons (Fsp3) is 0.310. The Labute approximate surface area is 221 Å². The number of carbonyl (C=O) groups excluding carboxylic acids is 2. The highest BCUT2D eigenvalue weighted by Gasteiger charge is 2.31. The average molecular weight is 511 g/mol. The van der Waals surface area contributed by atoms with Gasteiger partial charge in [-0.2, -0.15) is 5.10 Å². The van der Waals surface area contributed by atoms with Gasteiger partial charge in [0.15, 0.2) is 0 Å². The number of nitrogens with zero attached hydrogens (tertiary/aromatic N) is 5. The van der Waals surface area contributed by atoms with Gasteiger partial charge < -0.3 is 14.2 Å². The first-order valence-corrected chi connectivity index (χ1v) is 12.9. The fourth-order valence-corrected chi connectivity index (χ4v) is 5.35. The van der Waals surface area contributed by atoms with Crippen LogP contribution >= 0.6 is 0 Å². The summed E-state index contributed by atoms with van der Waals surface area (Å²) in [6.45, 7) is 4.16. The lowest BCUT2D eigenvalue weighted by atomic mass is 9.99. The molecule has 2 amide bonds. The molecule has 2 aromatic carbocycles. The Morgan fingerprint density at radius 2 is 1.89 bits per heavy atom. The molecule has 0 bridgehead atoms. The van der Waals surface area contributed by atoms with Gasteiger partial charge in [0.2, 0.25) is 11.9 Å². The van der Waals surface area contributed by atoms with Crippen LogP contribution in [0.3, 0.4) is 0 Å². The molecule has 0 aliphatic carbocycles. The molecule has 0 radical (unpaired) electrons. The van der Waals surface area contributed by atoms with Crippen LogP contribution in [0.4, 0.5) is 5.95 Å². The third-order valence-corrected chi connectivity index (χ3v) is 7.46. The van der Waals surface area contributed by atoms with Crippen LogP contribution in [-0.2, 0) is 29.5 Å². The SMILES string of the molecule is CC(=O)N1CCc2c(c(-c3cccc(C(=O)Nc4ncc(-c5ccccc5)n4C)c3)nn2C2CCOC2)C1. The summed E-state index contributed by atoms with van der Waals surface area (Å²) in [6, 6.07) is 17.6. The number of anilines is 1. The van der Waals surface area contributed by atoms with Crippen LogP contribution in [0.25, 0.3) is 22.5 Å². The van der Waals surface area contributed by atoms with E-state index in [9.17, 15) is 9.59 Å². The van der Waals surface area contributed by atoms with Crippen molar-refractivity contribution in [1.82, 2.24) is 24.2 Å². The highest BCUT2D eigenvalue weighted by atomic mass is 16.5. The highest BCUT2D eigenvalue weighted by molar-refractivity contribution is 6.04. The van der Waals surface area contributed by atoms with Crippen LogP contribution in [-0.4, -0.2) is 55.8 Å². The van der Waals surface area contributed by atoms with Gasteiger partial charge in [-0.25, -0.2) is 4.98 Å². The highest BCUT2D eigenvalue weighted by Crippen LogP contribution is 2.34. The Kier molecular flexibility index (Phi) is 6.29. The Balaban J connectivity index is 1.30. The molecule has 9 nitrogen and oxygen atoms in total. The summed E-state index contributed by atoms with van der Waals surface area (Å²) >= 11 is 0. The van der Waals surface area contributed by atoms with Crippen LogP contribution < -0.4 is 5.32 Å². The summed E-state index contributed by atoms with van der Waals surface area (Å²) in [5.74, 6) is 0.277. The van der Waals surface area contributed by atoms with E-state index in [1.807, 2.05) is 65.0 Å². The van der Waals surface area contributed by atoms with E-state index >= 15 is 0 Å². The Morgan fingerprint density at radius 1 is 1.08 bits per heavy atom. The third-order valence-electron chi connectivity index (χ3n) is 7.46. The van der Waals surface area contributed by atoms with E-state index in [-0.39, 0.29) is 17.9 Å². The third kappa shape index (κ3) is 4.39. The number of amides is 2. The molecule has 4 aromatic rings. The first-order valence-electron chi connectivity index (χ1n) is 12.9. The molecular formula is C29H30N6O3. The molecule has 2 aliphatic rings. The van der Waals surface area contributed by atoms with Crippen molar-refractivity contribution in [2.45, 2.75) is 32.4 Å². The first-order chi connectivity index (χ1) is 18.5. The number of nitrogens with one attached hydrogen (secondary N) is 1. The van der Waals surface area contributed by atoms with Crippen molar-refractivity contribution < 1.29 is 14.3 Å². The summed E-state index contributed by atoms with van der Waals surface area (Å²) in [5.41, 5.74) is 6.32. The second-order valence-corrected chi connectivity index (χ2v) is 9.85. The molecule has 6 rings (SSSR count). The molecule has 1 saturated heterocycles. The lowest BCUT2D eigenvalue weighted by Crippen LogP contribution is -2.35. The predicted octanol–water partition coefficient (Wildman–Crippen LogP) is 4.07. The summed E-state index contributed by atoms with van der Waals surface area (Å²) in [4.78, 5) is 31.7. The zero-order chi connectivity index (χ0) is 26.2.